The van der Waals surface area contributed by atoms with Crippen LogP contribution in [0.4, 0.5) is 5.69 Å². The monoisotopic (exact) mass is 225 g/mol. The van der Waals surface area contributed by atoms with Gasteiger partial charge in [0.2, 0.25) is 0 Å². The van der Waals surface area contributed by atoms with Gasteiger partial charge in [0, 0.05) is 11.0 Å². The minimum Gasteiger partial charge on any atom is -0.483 e. The van der Waals surface area contributed by atoms with Crippen LogP contribution >= 0.6 is 11.8 Å². The SMILES string of the molecule is CSc1ccc(OC2CC2)c([N+](=O)[O-])c1. The molecule has 0 amide bonds. The highest BCUT2D eigenvalue weighted by Crippen LogP contribution is 2.35. The van der Waals surface area contributed by atoms with Crippen molar-refractivity contribution in [2.45, 2.75) is 23.8 Å². The van der Waals surface area contributed by atoms with Crippen molar-refractivity contribution < 1.29 is 9.66 Å². The molecule has 1 aromatic carbocycles. The van der Waals surface area contributed by atoms with Gasteiger partial charge in [-0.3, -0.25) is 10.1 Å². The third-order valence-electron chi connectivity index (χ3n) is 2.18. The molecular weight excluding hydrogens is 214 g/mol. The van der Waals surface area contributed by atoms with Gasteiger partial charge in [0.15, 0.2) is 5.75 Å². The van der Waals surface area contributed by atoms with Gasteiger partial charge in [0.1, 0.15) is 0 Å². The number of thioether (sulfide) groups is 1. The second-order valence-corrected chi connectivity index (χ2v) is 4.29. The second-order valence-electron chi connectivity index (χ2n) is 3.41. The van der Waals surface area contributed by atoms with E-state index in [1.165, 1.54) is 11.8 Å². The Morgan fingerprint density at radius 3 is 2.80 bits per heavy atom. The van der Waals surface area contributed by atoms with Gasteiger partial charge in [0.25, 0.3) is 0 Å². The Labute approximate surface area is 91.8 Å². The standard InChI is InChI=1S/C10H11NO3S/c1-15-8-4-5-10(14-7-2-3-7)9(6-8)11(12)13/h4-7H,2-3H2,1H3. The van der Waals surface area contributed by atoms with Gasteiger partial charge < -0.3 is 4.74 Å². The van der Waals surface area contributed by atoms with E-state index in [1.54, 1.807) is 12.1 Å². The molecule has 0 saturated heterocycles. The van der Waals surface area contributed by atoms with Gasteiger partial charge in [-0.2, -0.15) is 0 Å². The van der Waals surface area contributed by atoms with Crippen LogP contribution in [0.3, 0.4) is 0 Å². The van der Waals surface area contributed by atoms with Crippen LogP contribution in [-0.4, -0.2) is 17.3 Å². The lowest BCUT2D eigenvalue weighted by Crippen LogP contribution is -2.00. The lowest BCUT2D eigenvalue weighted by molar-refractivity contribution is -0.386. The summed E-state index contributed by atoms with van der Waals surface area (Å²) in [7, 11) is 0. The zero-order valence-electron chi connectivity index (χ0n) is 8.30. The van der Waals surface area contributed by atoms with Crippen LogP contribution in [0.5, 0.6) is 5.75 Å². The lowest BCUT2D eigenvalue weighted by atomic mass is 10.3. The molecule has 0 atom stereocenters. The van der Waals surface area contributed by atoms with Crippen LogP contribution in [0.25, 0.3) is 0 Å². The van der Waals surface area contributed by atoms with Crippen molar-refractivity contribution in [3.8, 4) is 5.75 Å². The maximum absolute atomic E-state index is 10.8. The molecule has 0 aliphatic heterocycles. The van der Waals surface area contributed by atoms with E-state index in [0.29, 0.717) is 5.75 Å². The molecule has 0 aromatic heterocycles. The predicted octanol–water partition coefficient (Wildman–Crippen LogP) is 2.86. The molecule has 0 N–H and O–H groups in total. The number of nitro benzene ring substituents is 1. The number of ether oxygens (including phenoxy) is 1. The summed E-state index contributed by atoms with van der Waals surface area (Å²) in [5.41, 5.74) is 0.0637. The molecule has 5 heteroatoms. The third-order valence-corrected chi connectivity index (χ3v) is 2.91. The summed E-state index contributed by atoms with van der Waals surface area (Å²) in [6.45, 7) is 0. The average molecular weight is 225 g/mol. The fraction of sp³-hybridized carbons (Fsp3) is 0.400. The highest BCUT2D eigenvalue weighted by atomic mass is 32.2. The topological polar surface area (TPSA) is 52.4 Å². The van der Waals surface area contributed by atoms with Crippen LogP contribution in [0.2, 0.25) is 0 Å². The number of nitrogens with zero attached hydrogens (tertiary/aromatic N) is 1. The van der Waals surface area contributed by atoms with E-state index in [-0.39, 0.29) is 11.8 Å². The second kappa shape index (κ2) is 4.10. The summed E-state index contributed by atoms with van der Waals surface area (Å²) < 4.78 is 5.47. The van der Waals surface area contributed by atoms with Gasteiger partial charge in [-0.25, -0.2) is 0 Å². The summed E-state index contributed by atoms with van der Waals surface area (Å²) >= 11 is 1.48. The first kappa shape index (κ1) is 10.3. The third kappa shape index (κ3) is 2.41. The smallest absolute Gasteiger partial charge is 0.312 e. The first-order valence-corrected chi connectivity index (χ1v) is 5.92. The van der Waals surface area contributed by atoms with Crippen molar-refractivity contribution in [1.29, 1.82) is 0 Å². The van der Waals surface area contributed by atoms with E-state index in [1.807, 2.05) is 12.3 Å². The normalized spacial score (nSPS) is 15.0. The Kier molecular flexibility index (Phi) is 2.81. The Morgan fingerprint density at radius 1 is 1.53 bits per heavy atom. The lowest BCUT2D eigenvalue weighted by Gasteiger charge is -2.05. The molecule has 1 aliphatic rings. The molecule has 0 spiro atoms. The molecule has 1 fully saturated rings. The number of nitro groups is 1. The minimum absolute atomic E-state index is 0.0637. The fourth-order valence-electron chi connectivity index (χ4n) is 1.23. The van der Waals surface area contributed by atoms with Crippen molar-refractivity contribution in [2.75, 3.05) is 6.26 Å². The van der Waals surface area contributed by atoms with Gasteiger partial charge in [0.05, 0.1) is 11.0 Å². The van der Waals surface area contributed by atoms with Crippen LogP contribution in [0, 0.1) is 10.1 Å². The minimum atomic E-state index is -0.391. The number of benzene rings is 1. The highest BCUT2D eigenvalue weighted by Gasteiger charge is 2.27. The van der Waals surface area contributed by atoms with Crippen molar-refractivity contribution >= 4 is 17.4 Å². The predicted molar refractivity (Wildman–Crippen MR) is 58.5 cm³/mol. The first-order chi connectivity index (χ1) is 7.20. The van der Waals surface area contributed by atoms with Gasteiger partial charge >= 0.3 is 5.69 Å². The maximum Gasteiger partial charge on any atom is 0.312 e. The van der Waals surface area contributed by atoms with Crippen molar-refractivity contribution in [3.63, 3.8) is 0 Å². The summed E-state index contributed by atoms with van der Waals surface area (Å²) in [5, 5.41) is 10.8. The molecule has 1 aromatic rings. The Bertz CT molecular complexity index is 390. The summed E-state index contributed by atoms with van der Waals surface area (Å²) in [6.07, 6.45) is 4.08. The van der Waals surface area contributed by atoms with E-state index in [0.717, 1.165) is 17.7 Å². The molecular formula is C10H11NO3S. The zero-order valence-corrected chi connectivity index (χ0v) is 9.12. The molecule has 4 nitrogen and oxygen atoms in total. The van der Waals surface area contributed by atoms with Gasteiger partial charge in [-0.05, 0) is 31.2 Å². The van der Waals surface area contributed by atoms with E-state index >= 15 is 0 Å². The van der Waals surface area contributed by atoms with Crippen LogP contribution in [-0.2, 0) is 0 Å². The number of rotatable bonds is 4. The Hall–Kier alpha value is -1.23. The average Bonchev–Trinajstić information content (AvgIpc) is 3.02. The molecule has 0 radical (unpaired) electrons. The molecule has 15 heavy (non-hydrogen) atoms. The molecule has 1 saturated carbocycles. The molecule has 2 rings (SSSR count). The Morgan fingerprint density at radius 2 is 2.27 bits per heavy atom. The largest absolute Gasteiger partial charge is 0.483 e. The van der Waals surface area contributed by atoms with Crippen LogP contribution in [0.15, 0.2) is 23.1 Å². The van der Waals surface area contributed by atoms with Crippen molar-refractivity contribution in [3.05, 3.63) is 28.3 Å². The fourth-order valence-corrected chi connectivity index (χ4v) is 1.67. The maximum atomic E-state index is 10.8. The van der Waals surface area contributed by atoms with Crippen LogP contribution in [0.1, 0.15) is 12.8 Å². The molecule has 0 bridgehead atoms. The highest BCUT2D eigenvalue weighted by molar-refractivity contribution is 7.98. The van der Waals surface area contributed by atoms with E-state index in [9.17, 15) is 10.1 Å². The molecule has 0 unspecified atom stereocenters. The van der Waals surface area contributed by atoms with Crippen molar-refractivity contribution in [2.24, 2.45) is 0 Å². The van der Waals surface area contributed by atoms with E-state index < -0.39 is 4.92 Å². The zero-order chi connectivity index (χ0) is 10.8. The number of hydrogen-bond donors (Lipinski definition) is 0. The van der Waals surface area contributed by atoms with Crippen molar-refractivity contribution in [1.82, 2.24) is 0 Å². The molecule has 1 aliphatic carbocycles. The van der Waals surface area contributed by atoms with Crippen LogP contribution < -0.4 is 4.74 Å². The first-order valence-electron chi connectivity index (χ1n) is 4.70. The quantitative estimate of drug-likeness (QED) is 0.449. The number of hydrogen-bond acceptors (Lipinski definition) is 4. The van der Waals surface area contributed by atoms with Gasteiger partial charge in [-0.1, -0.05) is 0 Å². The van der Waals surface area contributed by atoms with Gasteiger partial charge in [-0.15, -0.1) is 11.8 Å². The molecule has 80 valence electrons. The summed E-state index contributed by atoms with van der Waals surface area (Å²) in [6, 6.07) is 5.08. The summed E-state index contributed by atoms with van der Waals surface area (Å²) in [5.74, 6) is 0.389. The summed E-state index contributed by atoms with van der Waals surface area (Å²) in [4.78, 5) is 11.3. The van der Waals surface area contributed by atoms with E-state index in [2.05, 4.69) is 0 Å². The molecule has 0 heterocycles. The van der Waals surface area contributed by atoms with E-state index in [4.69, 9.17) is 4.74 Å². The Balaban J connectivity index is 2.29.